The molecule has 4 aliphatic rings. The molecule has 0 amide bonds. The highest BCUT2D eigenvalue weighted by Crippen LogP contribution is 2.68. The van der Waals surface area contributed by atoms with Crippen LogP contribution in [0, 0.1) is 34.5 Å². The first kappa shape index (κ1) is 25.0. The van der Waals surface area contributed by atoms with E-state index in [1.54, 1.807) is 19.9 Å². The van der Waals surface area contributed by atoms with E-state index in [1.807, 2.05) is 13.8 Å². The maximum atomic E-state index is 13.2. The SMILES string of the molecule is C[C@H]([C@H](O)CCC(C)(C)O)[C@H]1CC[C@@]2(O)C3=CC(=O)[C@@H]4C[C@H](O)C(=O)C[C@]4(C)[C@H]3CC[C@]12C. The number of aliphatic hydroxyl groups is 4. The number of rotatable bonds is 5. The summed E-state index contributed by atoms with van der Waals surface area (Å²) in [6, 6.07) is 0. The fourth-order valence-electron chi connectivity index (χ4n) is 8.11. The van der Waals surface area contributed by atoms with Crippen LogP contribution in [0.25, 0.3) is 0 Å². The highest BCUT2D eigenvalue weighted by Gasteiger charge is 2.67. The first-order valence-electron chi connectivity index (χ1n) is 12.7. The zero-order valence-corrected chi connectivity index (χ0v) is 20.8. The van der Waals surface area contributed by atoms with Gasteiger partial charge >= 0.3 is 0 Å². The molecule has 0 unspecified atom stereocenters. The number of hydrogen-bond donors (Lipinski definition) is 4. The predicted molar refractivity (Wildman–Crippen MR) is 124 cm³/mol. The minimum Gasteiger partial charge on any atom is -0.393 e. The molecule has 3 saturated carbocycles. The van der Waals surface area contributed by atoms with Gasteiger partial charge in [0.1, 0.15) is 6.10 Å². The third kappa shape index (κ3) is 3.76. The summed E-state index contributed by atoms with van der Waals surface area (Å²) in [5.74, 6) is -0.657. The second-order valence-electron chi connectivity index (χ2n) is 12.7. The Balaban J connectivity index is 1.63. The van der Waals surface area contributed by atoms with Crippen LogP contribution >= 0.6 is 0 Å². The summed E-state index contributed by atoms with van der Waals surface area (Å²) < 4.78 is 0. The first-order valence-corrected chi connectivity index (χ1v) is 12.7. The molecule has 9 atom stereocenters. The lowest BCUT2D eigenvalue weighted by Crippen LogP contribution is -2.60. The molecule has 3 fully saturated rings. The number of hydrogen-bond acceptors (Lipinski definition) is 6. The van der Waals surface area contributed by atoms with E-state index in [-0.39, 0.29) is 48.1 Å². The van der Waals surface area contributed by atoms with Gasteiger partial charge in [0.2, 0.25) is 0 Å². The zero-order valence-electron chi connectivity index (χ0n) is 20.8. The molecule has 186 valence electrons. The van der Waals surface area contributed by atoms with Crippen LogP contribution < -0.4 is 0 Å². The van der Waals surface area contributed by atoms with Crippen LogP contribution in [0.4, 0.5) is 0 Å². The van der Waals surface area contributed by atoms with Crippen molar-refractivity contribution in [2.45, 2.75) is 109 Å². The van der Waals surface area contributed by atoms with Gasteiger partial charge in [0.15, 0.2) is 11.6 Å². The van der Waals surface area contributed by atoms with E-state index in [9.17, 15) is 30.0 Å². The molecule has 0 aromatic heterocycles. The molecule has 0 aromatic rings. The van der Waals surface area contributed by atoms with Crippen LogP contribution in [0.3, 0.4) is 0 Å². The number of carbonyl (C=O) groups is 2. The van der Waals surface area contributed by atoms with Gasteiger partial charge in [0.25, 0.3) is 0 Å². The molecule has 0 aliphatic heterocycles. The maximum absolute atomic E-state index is 13.2. The van der Waals surface area contributed by atoms with Crippen LogP contribution in [-0.2, 0) is 9.59 Å². The van der Waals surface area contributed by atoms with Crippen LogP contribution in [0.15, 0.2) is 11.6 Å². The Bertz CT molecular complexity index is 857. The normalized spacial score (nSPS) is 45.1. The van der Waals surface area contributed by atoms with Gasteiger partial charge in [-0.15, -0.1) is 0 Å². The molecule has 0 bridgehead atoms. The molecule has 0 saturated heterocycles. The largest absolute Gasteiger partial charge is 0.393 e. The summed E-state index contributed by atoms with van der Waals surface area (Å²) in [5.41, 5.74) is -2.21. The fourth-order valence-corrected chi connectivity index (χ4v) is 8.11. The monoisotopic (exact) mass is 462 g/mol. The summed E-state index contributed by atoms with van der Waals surface area (Å²) in [6.45, 7) is 9.64. The van der Waals surface area contributed by atoms with E-state index < -0.39 is 34.2 Å². The highest BCUT2D eigenvalue weighted by atomic mass is 16.3. The Kier molecular flexibility index (Phi) is 6.05. The number of aliphatic hydroxyl groups excluding tert-OH is 2. The van der Waals surface area contributed by atoms with E-state index >= 15 is 0 Å². The Morgan fingerprint density at radius 1 is 1.15 bits per heavy atom. The molecule has 6 heteroatoms. The average Bonchev–Trinajstić information content (AvgIpc) is 2.99. The van der Waals surface area contributed by atoms with Gasteiger partial charge in [-0.05, 0) is 93.6 Å². The minimum atomic E-state index is -1.13. The highest BCUT2D eigenvalue weighted by molar-refractivity contribution is 5.97. The molecule has 0 aromatic carbocycles. The molecule has 6 nitrogen and oxygen atoms in total. The van der Waals surface area contributed by atoms with Crippen LogP contribution in [-0.4, -0.2) is 55.4 Å². The molecular weight excluding hydrogens is 420 g/mol. The summed E-state index contributed by atoms with van der Waals surface area (Å²) in [6.07, 6.45) is 4.25. The minimum absolute atomic E-state index is 0.0439. The van der Waals surface area contributed by atoms with E-state index in [2.05, 4.69) is 6.92 Å². The van der Waals surface area contributed by atoms with Crippen molar-refractivity contribution in [3.8, 4) is 0 Å². The fraction of sp³-hybridized carbons (Fsp3) is 0.852. The van der Waals surface area contributed by atoms with E-state index in [0.717, 1.165) is 24.8 Å². The number of Topliss-reactive ketones (excluding diaryl/α,β-unsaturated/α-hetero) is 1. The molecule has 4 N–H and O–H groups in total. The second kappa shape index (κ2) is 7.97. The zero-order chi connectivity index (χ0) is 24.6. The molecule has 0 heterocycles. The van der Waals surface area contributed by atoms with Crippen LogP contribution in [0.2, 0.25) is 0 Å². The summed E-state index contributed by atoms with van der Waals surface area (Å²) in [7, 11) is 0. The van der Waals surface area contributed by atoms with Gasteiger partial charge in [-0.3, -0.25) is 9.59 Å². The van der Waals surface area contributed by atoms with E-state index in [1.165, 1.54) is 0 Å². The summed E-state index contributed by atoms with van der Waals surface area (Å²) in [4.78, 5) is 25.7. The van der Waals surface area contributed by atoms with Crippen molar-refractivity contribution in [3.05, 3.63) is 11.6 Å². The predicted octanol–water partition coefficient (Wildman–Crippen LogP) is 2.95. The van der Waals surface area contributed by atoms with Crippen LogP contribution in [0.1, 0.15) is 86.0 Å². The summed E-state index contributed by atoms with van der Waals surface area (Å²) in [5, 5.41) is 43.3. The smallest absolute Gasteiger partial charge is 0.161 e. The van der Waals surface area contributed by atoms with Gasteiger partial charge in [0.05, 0.1) is 17.3 Å². The number of fused-ring (bicyclic) bond motifs is 5. The van der Waals surface area contributed by atoms with Crippen molar-refractivity contribution in [1.29, 1.82) is 0 Å². The van der Waals surface area contributed by atoms with Crippen molar-refractivity contribution in [1.82, 2.24) is 0 Å². The average molecular weight is 463 g/mol. The van der Waals surface area contributed by atoms with Crippen molar-refractivity contribution in [2.24, 2.45) is 34.5 Å². The maximum Gasteiger partial charge on any atom is 0.161 e. The van der Waals surface area contributed by atoms with Gasteiger partial charge < -0.3 is 20.4 Å². The standard InChI is InChI=1S/C27H42O6/c1-15(20(28)8-9-24(2,3)32)16-7-11-27(33)18-12-21(29)19-13-22(30)23(31)14-25(19,4)17(18)6-10-26(16,27)5/h12,15-17,19-20,22,28,30,32-33H,6-11,13-14H2,1-5H3/t15-,16+,17-,19-,20+,22-,25+,26+,27+/m0/s1. The van der Waals surface area contributed by atoms with Crippen molar-refractivity contribution in [3.63, 3.8) is 0 Å². The van der Waals surface area contributed by atoms with Gasteiger partial charge in [-0.25, -0.2) is 0 Å². The third-order valence-electron chi connectivity index (χ3n) is 10.3. The molecule has 0 radical (unpaired) electrons. The number of allylic oxidation sites excluding steroid dienone is 1. The van der Waals surface area contributed by atoms with Crippen LogP contribution in [0.5, 0.6) is 0 Å². The lowest BCUT2D eigenvalue weighted by molar-refractivity contribution is -0.153. The third-order valence-corrected chi connectivity index (χ3v) is 10.3. The molecule has 0 spiro atoms. The molecule has 4 rings (SSSR count). The Morgan fingerprint density at radius 3 is 2.45 bits per heavy atom. The van der Waals surface area contributed by atoms with E-state index in [0.29, 0.717) is 19.3 Å². The van der Waals surface area contributed by atoms with Crippen molar-refractivity contribution < 1.29 is 30.0 Å². The van der Waals surface area contributed by atoms with Gasteiger partial charge in [-0.1, -0.05) is 20.8 Å². The second-order valence-corrected chi connectivity index (χ2v) is 12.7. The number of carbonyl (C=O) groups excluding carboxylic acids is 2. The lowest BCUT2D eigenvalue weighted by Gasteiger charge is -2.59. The molecular formula is C27H42O6. The lowest BCUT2D eigenvalue weighted by atomic mass is 9.46. The summed E-state index contributed by atoms with van der Waals surface area (Å²) >= 11 is 0. The molecule has 4 aliphatic carbocycles. The van der Waals surface area contributed by atoms with Gasteiger partial charge in [-0.2, -0.15) is 0 Å². The quantitative estimate of drug-likeness (QED) is 0.499. The Hall–Kier alpha value is -1.08. The number of ketones is 2. The van der Waals surface area contributed by atoms with E-state index in [4.69, 9.17) is 0 Å². The van der Waals surface area contributed by atoms with Crippen molar-refractivity contribution in [2.75, 3.05) is 0 Å². The first-order chi connectivity index (χ1) is 15.1. The molecule has 33 heavy (non-hydrogen) atoms. The van der Waals surface area contributed by atoms with Crippen molar-refractivity contribution >= 4 is 11.6 Å². The Morgan fingerprint density at radius 2 is 1.82 bits per heavy atom. The Labute approximate surface area is 197 Å². The topological polar surface area (TPSA) is 115 Å². The van der Waals surface area contributed by atoms with Gasteiger partial charge in [0, 0.05) is 17.8 Å².